The predicted molar refractivity (Wildman–Crippen MR) is 44.2 cm³/mol. The zero-order valence-corrected chi connectivity index (χ0v) is 6.46. The minimum Gasteiger partial charge on any atom is -0.661 e. The number of nitrogens with zero attached hydrogens (tertiary/aromatic N) is 1. The lowest BCUT2D eigenvalue weighted by Gasteiger charge is -2.12. The lowest BCUT2D eigenvalue weighted by Crippen LogP contribution is -1.85. The molecular weight excluding hydrogens is 122 g/mol. The van der Waals surface area contributed by atoms with Gasteiger partial charge in [-0.1, -0.05) is 29.8 Å². The van der Waals surface area contributed by atoms with Crippen LogP contribution in [0.5, 0.6) is 0 Å². The number of hydrogen-bond donors (Lipinski definition) is 0. The first kappa shape index (κ1) is 7.29. The molecule has 1 aromatic rings. The Morgan fingerprint density at radius 1 is 1.30 bits per heavy atom. The van der Waals surface area contributed by atoms with Gasteiger partial charge in [-0.25, -0.2) is 0 Å². The fourth-order valence-electron chi connectivity index (χ4n) is 0.958. The Hall–Kier alpha value is -0.820. The van der Waals surface area contributed by atoms with Crippen molar-refractivity contribution in [3.8, 4) is 0 Å². The summed E-state index contributed by atoms with van der Waals surface area (Å²) in [5.41, 5.74) is 2.65. The first-order valence-corrected chi connectivity index (χ1v) is 3.44. The molecule has 1 aromatic carbocycles. The summed E-state index contributed by atoms with van der Waals surface area (Å²) in [5, 5.41) is 4.07. The van der Waals surface area contributed by atoms with E-state index in [1.807, 2.05) is 13.1 Å². The molecule has 0 radical (unpaired) electrons. The van der Waals surface area contributed by atoms with Gasteiger partial charge in [-0.15, -0.1) is 6.54 Å². The monoisotopic (exact) mass is 134 g/mol. The van der Waals surface area contributed by atoms with E-state index in [2.05, 4.69) is 30.4 Å². The summed E-state index contributed by atoms with van der Waals surface area (Å²) >= 11 is 0. The Morgan fingerprint density at radius 2 is 2.00 bits per heavy atom. The molecule has 0 heterocycles. The Bertz CT molecular complexity index is 206. The summed E-state index contributed by atoms with van der Waals surface area (Å²) in [7, 11) is 1.84. The van der Waals surface area contributed by atoms with Gasteiger partial charge in [0.2, 0.25) is 0 Å². The summed E-state index contributed by atoms with van der Waals surface area (Å²) in [5.74, 6) is 0. The fourth-order valence-corrected chi connectivity index (χ4v) is 0.958. The van der Waals surface area contributed by atoms with Crippen LogP contribution in [0.3, 0.4) is 0 Å². The molecule has 0 N–H and O–H groups in total. The first-order chi connectivity index (χ1) is 4.84. The maximum atomic E-state index is 4.07. The van der Waals surface area contributed by atoms with Gasteiger partial charge >= 0.3 is 0 Å². The van der Waals surface area contributed by atoms with E-state index in [0.29, 0.717) is 0 Å². The second kappa shape index (κ2) is 3.37. The van der Waals surface area contributed by atoms with Gasteiger partial charge in [0.05, 0.1) is 0 Å². The molecule has 0 bridgehead atoms. The van der Waals surface area contributed by atoms with Crippen LogP contribution < -0.4 is 0 Å². The molecule has 1 rings (SSSR count). The highest BCUT2D eigenvalue weighted by Gasteiger charge is 1.87. The van der Waals surface area contributed by atoms with Gasteiger partial charge in [0, 0.05) is 0 Å². The molecule has 0 saturated carbocycles. The van der Waals surface area contributed by atoms with Crippen molar-refractivity contribution in [3.63, 3.8) is 0 Å². The molecule has 0 fully saturated rings. The van der Waals surface area contributed by atoms with E-state index in [9.17, 15) is 0 Å². The summed E-state index contributed by atoms with van der Waals surface area (Å²) in [6, 6.07) is 8.32. The summed E-state index contributed by atoms with van der Waals surface area (Å²) in [6.07, 6.45) is 0. The Kier molecular flexibility index (Phi) is 2.46. The third kappa shape index (κ3) is 1.58. The second-order valence-corrected chi connectivity index (χ2v) is 2.40. The standard InChI is InChI=1S/C9H12N/c1-8-5-3-4-6-9(8)7-10-2/h3-6H,7H2,1-2H3/q-1. The molecule has 0 aliphatic rings. The first-order valence-electron chi connectivity index (χ1n) is 3.44. The highest BCUT2D eigenvalue weighted by Crippen LogP contribution is 2.08. The molecule has 0 saturated heterocycles. The second-order valence-electron chi connectivity index (χ2n) is 2.40. The van der Waals surface area contributed by atoms with Crippen LogP contribution in [0.1, 0.15) is 11.1 Å². The van der Waals surface area contributed by atoms with Crippen molar-refractivity contribution in [1.29, 1.82) is 0 Å². The normalized spacial score (nSPS) is 9.80. The van der Waals surface area contributed by atoms with E-state index in [0.717, 1.165) is 6.54 Å². The Labute approximate surface area is 62.1 Å². The van der Waals surface area contributed by atoms with Crippen molar-refractivity contribution in [2.75, 3.05) is 7.05 Å². The van der Waals surface area contributed by atoms with Crippen molar-refractivity contribution in [2.45, 2.75) is 13.5 Å². The van der Waals surface area contributed by atoms with Gasteiger partial charge in [-0.3, -0.25) is 0 Å². The summed E-state index contributed by atoms with van der Waals surface area (Å²) in [4.78, 5) is 0. The predicted octanol–water partition coefficient (Wildman–Crippen LogP) is 2.50. The molecule has 0 unspecified atom stereocenters. The third-order valence-corrected chi connectivity index (χ3v) is 1.59. The van der Waals surface area contributed by atoms with E-state index < -0.39 is 0 Å². The fraction of sp³-hybridized carbons (Fsp3) is 0.333. The SMILES string of the molecule is C[N-]Cc1ccccc1C. The average Bonchev–Trinajstić information content (AvgIpc) is 1.94. The zero-order valence-electron chi connectivity index (χ0n) is 6.46. The summed E-state index contributed by atoms with van der Waals surface area (Å²) < 4.78 is 0. The van der Waals surface area contributed by atoms with Crippen molar-refractivity contribution in [3.05, 3.63) is 40.7 Å². The molecule has 10 heavy (non-hydrogen) atoms. The quantitative estimate of drug-likeness (QED) is 0.590. The molecule has 0 amide bonds. The summed E-state index contributed by atoms with van der Waals surface area (Å²) in [6.45, 7) is 2.95. The Balaban J connectivity index is 2.81. The average molecular weight is 134 g/mol. The minimum atomic E-state index is 0.840. The third-order valence-electron chi connectivity index (χ3n) is 1.59. The lowest BCUT2D eigenvalue weighted by atomic mass is 10.1. The van der Waals surface area contributed by atoms with Crippen LogP contribution in [0.25, 0.3) is 5.32 Å². The van der Waals surface area contributed by atoms with Crippen molar-refractivity contribution in [2.24, 2.45) is 0 Å². The maximum absolute atomic E-state index is 4.07. The van der Waals surface area contributed by atoms with Crippen LogP contribution in [0, 0.1) is 6.92 Å². The number of hydrogen-bond acceptors (Lipinski definition) is 0. The van der Waals surface area contributed by atoms with E-state index in [-0.39, 0.29) is 0 Å². The van der Waals surface area contributed by atoms with E-state index in [1.165, 1.54) is 11.1 Å². The molecule has 0 aromatic heterocycles. The number of aryl methyl sites for hydroxylation is 1. The lowest BCUT2D eigenvalue weighted by molar-refractivity contribution is 1.15. The smallest absolute Gasteiger partial charge is 0.0396 e. The zero-order chi connectivity index (χ0) is 7.40. The largest absolute Gasteiger partial charge is 0.661 e. The molecule has 0 aliphatic carbocycles. The van der Waals surface area contributed by atoms with Crippen LogP contribution in [-0.2, 0) is 6.54 Å². The molecule has 0 aliphatic heterocycles. The molecule has 1 heteroatoms. The highest BCUT2D eigenvalue weighted by molar-refractivity contribution is 5.26. The van der Waals surface area contributed by atoms with Gasteiger partial charge < -0.3 is 5.32 Å². The van der Waals surface area contributed by atoms with E-state index in [1.54, 1.807) is 0 Å². The molecule has 0 atom stereocenters. The highest BCUT2D eigenvalue weighted by atomic mass is 14.8. The van der Waals surface area contributed by atoms with Crippen LogP contribution >= 0.6 is 0 Å². The van der Waals surface area contributed by atoms with Crippen LogP contribution in [-0.4, -0.2) is 7.05 Å². The Morgan fingerprint density at radius 3 is 2.60 bits per heavy atom. The van der Waals surface area contributed by atoms with Crippen molar-refractivity contribution >= 4 is 0 Å². The maximum Gasteiger partial charge on any atom is -0.0396 e. The van der Waals surface area contributed by atoms with Gasteiger partial charge in [0.15, 0.2) is 0 Å². The molecular formula is C9H12N-. The van der Waals surface area contributed by atoms with Crippen LogP contribution in [0.2, 0.25) is 0 Å². The number of rotatable bonds is 2. The topological polar surface area (TPSA) is 14.1 Å². The molecule has 54 valence electrons. The molecule has 1 nitrogen and oxygen atoms in total. The van der Waals surface area contributed by atoms with Gasteiger partial charge in [0.25, 0.3) is 0 Å². The van der Waals surface area contributed by atoms with Gasteiger partial charge in [-0.2, -0.15) is 7.05 Å². The van der Waals surface area contributed by atoms with Gasteiger partial charge in [0.1, 0.15) is 0 Å². The van der Waals surface area contributed by atoms with Crippen LogP contribution in [0.15, 0.2) is 24.3 Å². The van der Waals surface area contributed by atoms with Crippen molar-refractivity contribution in [1.82, 2.24) is 0 Å². The van der Waals surface area contributed by atoms with Crippen molar-refractivity contribution < 1.29 is 0 Å². The van der Waals surface area contributed by atoms with Gasteiger partial charge in [-0.05, 0) is 12.5 Å². The minimum absolute atomic E-state index is 0.840. The molecule has 0 spiro atoms. The van der Waals surface area contributed by atoms with E-state index in [4.69, 9.17) is 0 Å². The number of benzene rings is 1. The van der Waals surface area contributed by atoms with E-state index >= 15 is 0 Å². The van der Waals surface area contributed by atoms with Crippen LogP contribution in [0.4, 0.5) is 0 Å².